The molecular formula is C23H15BrN2O5. The second kappa shape index (κ2) is 8.16. The van der Waals surface area contributed by atoms with Crippen LogP contribution in [0.15, 0.2) is 88.9 Å². The van der Waals surface area contributed by atoms with E-state index in [4.69, 9.17) is 0 Å². The SMILES string of the molecule is O=C1C(=O)N(c2ccc(Br)cc2)C(c2ccc([N+](=O)[O-])cc2)/C1=C(\O)c1ccccc1. The predicted molar refractivity (Wildman–Crippen MR) is 118 cm³/mol. The molecule has 1 aliphatic rings. The number of nitro groups is 1. The Labute approximate surface area is 185 Å². The smallest absolute Gasteiger partial charge is 0.300 e. The minimum atomic E-state index is -0.942. The Morgan fingerprint density at radius 3 is 2.13 bits per heavy atom. The molecule has 1 heterocycles. The van der Waals surface area contributed by atoms with Crippen molar-refractivity contribution in [2.45, 2.75) is 6.04 Å². The number of nitrogens with zero attached hydrogens (tertiary/aromatic N) is 2. The Hall–Kier alpha value is -3.78. The monoisotopic (exact) mass is 478 g/mol. The number of aliphatic hydroxyl groups excluding tert-OH is 1. The molecule has 1 N–H and O–H groups in total. The van der Waals surface area contributed by atoms with Crippen LogP contribution in [0.2, 0.25) is 0 Å². The van der Waals surface area contributed by atoms with Crippen molar-refractivity contribution >= 4 is 44.8 Å². The fourth-order valence-electron chi connectivity index (χ4n) is 3.55. The van der Waals surface area contributed by atoms with Crippen molar-refractivity contribution in [3.05, 3.63) is 110 Å². The molecule has 1 amide bonds. The molecule has 7 nitrogen and oxygen atoms in total. The van der Waals surface area contributed by atoms with Gasteiger partial charge in [-0.3, -0.25) is 24.6 Å². The molecule has 1 aliphatic heterocycles. The number of amides is 1. The fraction of sp³-hybridized carbons (Fsp3) is 0.0435. The van der Waals surface area contributed by atoms with Crippen molar-refractivity contribution in [2.24, 2.45) is 0 Å². The lowest BCUT2D eigenvalue weighted by atomic mass is 9.95. The third kappa shape index (κ3) is 3.73. The van der Waals surface area contributed by atoms with E-state index >= 15 is 0 Å². The third-order valence-corrected chi connectivity index (χ3v) is 5.54. The van der Waals surface area contributed by atoms with Gasteiger partial charge in [0.05, 0.1) is 16.5 Å². The number of halogens is 1. The molecule has 1 unspecified atom stereocenters. The number of hydrogen-bond donors (Lipinski definition) is 1. The standard InChI is InChI=1S/C23H15BrN2O5/c24-16-8-12-17(13-9-16)25-20(14-6-10-18(11-7-14)26(30)31)19(22(28)23(25)29)21(27)15-4-2-1-3-5-15/h1-13,20,27H/b21-19+. The zero-order chi connectivity index (χ0) is 22.1. The van der Waals surface area contributed by atoms with E-state index in [9.17, 15) is 24.8 Å². The second-order valence-corrected chi connectivity index (χ2v) is 7.78. The number of anilines is 1. The minimum Gasteiger partial charge on any atom is -0.507 e. The molecule has 8 heteroatoms. The molecule has 1 saturated heterocycles. The van der Waals surface area contributed by atoms with Crippen molar-refractivity contribution in [3.63, 3.8) is 0 Å². The van der Waals surface area contributed by atoms with Gasteiger partial charge in [-0.1, -0.05) is 46.3 Å². The molecule has 0 aliphatic carbocycles. The van der Waals surface area contributed by atoms with E-state index in [0.29, 0.717) is 16.8 Å². The Kier molecular flexibility index (Phi) is 5.39. The molecule has 3 aromatic carbocycles. The van der Waals surface area contributed by atoms with Crippen LogP contribution >= 0.6 is 15.9 Å². The third-order valence-electron chi connectivity index (χ3n) is 5.02. The van der Waals surface area contributed by atoms with Crippen LogP contribution in [0.4, 0.5) is 11.4 Å². The molecule has 154 valence electrons. The number of rotatable bonds is 4. The summed E-state index contributed by atoms with van der Waals surface area (Å²) >= 11 is 3.34. The average Bonchev–Trinajstić information content (AvgIpc) is 3.05. The molecule has 3 aromatic rings. The highest BCUT2D eigenvalue weighted by Crippen LogP contribution is 2.42. The van der Waals surface area contributed by atoms with Crippen LogP contribution in [0.1, 0.15) is 17.2 Å². The highest BCUT2D eigenvalue weighted by molar-refractivity contribution is 9.10. The summed E-state index contributed by atoms with van der Waals surface area (Å²) in [7, 11) is 0. The van der Waals surface area contributed by atoms with Gasteiger partial charge in [-0.15, -0.1) is 0 Å². The molecular weight excluding hydrogens is 464 g/mol. The minimum absolute atomic E-state index is 0.0760. The molecule has 0 saturated carbocycles. The summed E-state index contributed by atoms with van der Waals surface area (Å²) in [6.45, 7) is 0. The van der Waals surface area contributed by atoms with Gasteiger partial charge in [0, 0.05) is 27.9 Å². The lowest BCUT2D eigenvalue weighted by molar-refractivity contribution is -0.384. The van der Waals surface area contributed by atoms with E-state index in [0.717, 1.165) is 4.47 Å². The summed E-state index contributed by atoms with van der Waals surface area (Å²) in [6.07, 6.45) is 0. The summed E-state index contributed by atoms with van der Waals surface area (Å²) in [5.41, 5.74) is 1.12. The Morgan fingerprint density at radius 1 is 0.935 bits per heavy atom. The molecule has 0 radical (unpaired) electrons. The van der Waals surface area contributed by atoms with Gasteiger partial charge in [-0.25, -0.2) is 0 Å². The predicted octanol–water partition coefficient (Wildman–Crippen LogP) is 4.98. The van der Waals surface area contributed by atoms with Gasteiger partial charge in [0.2, 0.25) is 0 Å². The summed E-state index contributed by atoms with van der Waals surface area (Å²) < 4.78 is 0.795. The molecule has 31 heavy (non-hydrogen) atoms. The van der Waals surface area contributed by atoms with Gasteiger partial charge < -0.3 is 5.11 Å². The summed E-state index contributed by atoms with van der Waals surface area (Å²) in [4.78, 5) is 37.8. The van der Waals surface area contributed by atoms with Crippen molar-refractivity contribution in [3.8, 4) is 0 Å². The maximum absolute atomic E-state index is 13.0. The van der Waals surface area contributed by atoms with Crippen LogP contribution in [-0.2, 0) is 9.59 Å². The average molecular weight is 479 g/mol. The maximum atomic E-state index is 13.0. The van der Waals surface area contributed by atoms with Crippen LogP contribution < -0.4 is 4.90 Å². The topological polar surface area (TPSA) is 101 Å². The van der Waals surface area contributed by atoms with Crippen LogP contribution in [0.3, 0.4) is 0 Å². The van der Waals surface area contributed by atoms with Gasteiger partial charge in [-0.05, 0) is 42.0 Å². The zero-order valence-corrected chi connectivity index (χ0v) is 17.5. The molecule has 0 aromatic heterocycles. The normalized spacial score (nSPS) is 17.7. The zero-order valence-electron chi connectivity index (χ0n) is 15.9. The largest absolute Gasteiger partial charge is 0.507 e. The summed E-state index contributed by atoms with van der Waals surface area (Å²) in [5.74, 6) is -1.92. The van der Waals surface area contributed by atoms with E-state index in [1.54, 1.807) is 54.6 Å². The number of non-ortho nitro benzene ring substituents is 1. The molecule has 0 spiro atoms. The number of hydrogen-bond acceptors (Lipinski definition) is 5. The Balaban J connectivity index is 1.93. The summed E-state index contributed by atoms with van der Waals surface area (Å²) in [6, 6.07) is 19.9. The van der Waals surface area contributed by atoms with Gasteiger partial charge in [0.1, 0.15) is 5.76 Å². The van der Waals surface area contributed by atoms with Crippen LogP contribution in [-0.4, -0.2) is 21.7 Å². The van der Waals surface area contributed by atoms with Crippen LogP contribution in [0, 0.1) is 10.1 Å². The van der Waals surface area contributed by atoms with Gasteiger partial charge >= 0.3 is 0 Å². The van der Waals surface area contributed by atoms with Gasteiger partial charge in [0.15, 0.2) is 0 Å². The van der Waals surface area contributed by atoms with E-state index in [1.165, 1.54) is 29.2 Å². The highest BCUT2D eigenvalue weighted by Gasteiger charge is 2.47. The van der Waals surface area contributed by atoms with E-state index in [2.05, 4.69) is 15.9 Å². The van der Waals surface area contributed by atoms with Crippen LogP contribution in [0.25, 0.3) is 5.76 Å². The van der Waals surface area contributed by atoms with Crippen molar-refractivity contribution < 1.29 is 19.6 Å². The summed E-state index contributed by atoms with van der Waals surface area (Å²) in [5, 5.41) is 22.0. The first-order valence-electron chi connectivity index (χ1n) is 9.25. The number of benzene rings is 3. The molecule has 1 atom stereocenters. The van der Waals surface area contributed by atoms with E-state index in [-0.39, 0.29) is 17.0 Å². The second-order valence-electron chi connectivity index (χ2n) is 6.86. The first kappa shape index (κ1) is 20.5. The fourth-order valence-corrected chi connectivity index (χ4v) is 3.81. The van der Waals surface area contributed by atoms with Crippen molar-refractivity contribution in [1.82, 2.24) is 0 Å². The highest BCUT2D eigenvalue weighted by atomic mass is 79.9. The lowest BCUT2D eigenvalue weighted by Crippen LogP contribution is -2.29. The molecule has 0 bridgehead atoms. The van der Waals surface area contributed by atoms with E-state index in [1.807, 2.05) is 0 Å². The van der Waals surface area contributed by atoms with Gasteiger partial charge in [0.25, 0.3) is 17.4 Å². The number of carbonyl (C=O) groups is 2. The number of aliphatic hydroxyl groups is 1. The lowest BCUT2D eigenvalue weighted by Gasteiger charge is -2.25. The number of carbonyl (C=O) groups excluding carboxylic acids is 2. The first-order chi connectivity index (χ1) is 14.9. The number of ketones is 1. The molecule has 1 fully saturated rings. The molecule has 4 rings (SSSR count). The maximum Gasteiger partial charge on any atom is 0.300 e. The Morgan fingerprint density at radius 2 is 1.55 bits per heavy atom. The quantitative estimate of drug-likeness (QED) is 0.187. The number of nitro benzene ring substituents is 1. The van der Waals surface area contributed by atoms with Crippen LogP contribution in [0.5, 0.6) is 0 Å². The van der Waals surface area contributed by atoms with Gasteiger partial charge in [-0.2, -0.15) is 0 Å². The van der Waals surface area contributed by atoms with Crippen molar-refractivity contribution in [2.75, 3.05) is 4.90 Å². The van der Waals surface area contributed by atoms with E-state index < -0.39 is 22.7 Å². The van der Waals surface area contributed by atoms with Crippen molar-refractivity contribution in [1.29, 1.82) is 0 Å². The number of Topliss-reactive ketones (excluding diaryl/α,β-unsaturated/α-hetero) is 1. The first-order valence-corrected chi connectivity index (χ1v) is 10.0. The Bertz CT molecular complexity index is 1200.